The highest BCUT2D eigenvalue weighted by Gasteiger charge is 2.08. The summed E-state index contributed by atoms with van der Waals surface area (Å²) in [6.07, 6.45) is 22.8. The summed E-state index contributed by atoms with van der Waals surface area (Å²) in [5.74, 6) is -0.487. The van der Waals surface area contributed by atoms with Crippen molar-refractivity contribution >= 4 is 44.4 Å². The van der Waals surface area contributed by atoms with Gasteiger partial charge in [0.05, 0.1) is 15.9 Å². The molecule has 0 unspecified atom stereocenters. The summed E-state index contributed by atoms with van der Waals surface area (Å²) in [5.41, 5.74) is 0.834. The van der Waals surface area contributed by atoms with Gasteiger partial charge in [0.1, 0.15) is 5.75 Å². The van der Waals surface area contributed by atoms with Crippen LogP contribution < -0.4 is 0 Å². The molecule has 0 aliphatic rings. The van der Waals surface area contributed by atoms with Crippen LogP contribution in [-0.2, 0) is 4.79 Å². The van der Waals surface area contributed by atoms with E-state index >= 15 is 0 Å². The minimum atomic E-state index is -0.664. The van der Waals surface area contributed by atoms with Crippen molar-refractivity contribution in [1.82, 2.24) is 4.98 Å². The third-order valence-corrected chi connectivity index (χ3v) is 6.65. The number of hydrogen-bond donors (Lipinski definition) is 3. The van der Waals surface area contributed by atoms with Crippen molar-refractivity contribution in [1.29, 1.82) is 0 Å². The normalized spacial score (nSPS) is 11.1. The summed E-state index contributed by atoms with van der Waals surface area (Å²) < 4.78 is 0.784. The second-order valence-corrected chi connectivity index (χ2v) is 9.42. The molecule has 2 aromatic rings. The van der Waals surface area contributed by atoms with E-state index in [-0.39, 0.29) is 5.75 Å². The van der Waals surface area contributed by atoms with Crippen LogP contribution in [0.4, 0.5) is 0 Å². The van der Waals surface area contributed by atoms with Crippen LogP contribution in [0.5, 0.6) is 5.75 Å². The minimum absolute atomic E-state index is 0.177. The number of hydrogen-bond acceptors (Lipinski definition) is 2. The number of allylic oxidation sites excluding steroid dienone is 2. The lowest BCUT2D eigenvalue weighted by atomic mass is 10.1. The number of carboxylic acid groups (broad SMARTS) is 1. The van der Waals surface area contributed by atoms with E-state index in [0.29, 0.717) is 16.8 Å². The molecular weight excluding hydrogens is 490 g/mol. The molecule has 180 valence electrons. The maximum atomic E-state index is 10.3. The van der Waals surface area contributed by atoms with Gasteiger partial charge in [-0.05, 0) is 60.2 Å². The predicted octanol–water partition coefficient (Wildman–Crippen LogP) is 9.40. The van der Waals surface area contributed by atoms with Crippen LogP contribution >= 0.6 is 27.5 Å². The zero-order valence-corrected chi connectivity index (χ0v) is 21.7. The first kappa shape index (κ1) is 28.6. The van der Waals surface area contributed by atoms with E-state index in [0.717, 1.165) is 22.8 Å². The third kappa shape index (κ3) is 12.5. The third-order valence-electron chi connectivity index (χ3n) is 5.37. The van der Waals surface area contributed by atoms with Crippen LogP contribution in [0.15, 0.2) is 35.0 Å². The predicted molar refractivity (Wildman–Crippen MR) is 140 cm³/mol. The monoisotopic (exact) mass is 527 g/mol. The number of aromatic amines is 1. The molecule has 0 radical (unpaired) electrons. The number of unbranched alkanes of at least 4 members (excludes halogenated alkanes) is 11. The number of halogens is 2. The first-order valence-electron chi connectivity index (χ1n) is 12.0. The van der Waals surface area contributed by atoms with Crippen molar-refractivity contribution in [3.63, 3.8) is 0 Å². The SMILES string of the molecule is CCCCCCCCC=CCCCCCCCC(=O)O.Oc1c[nH]c2ccc(Br)c(Cl)c12. The maximum Gasteiger partial charge on any atom is 0.303 e. The van der Waals surface area contributed by atoms with Crippen molar-refractivity contribution in [2.75, 3.05) is 0 Å². The number of carbonyl (C=O) groups is 1. The molecule has 1 aromatic heterocycles. The quantitative estimate of drug-likeness (QED) is 0.159. The van der Waals surface area contributed by atoms with E-state index < -0.39 is 5.97 Å². The molecule has 1 heterocycles. The zero-order valence-electron chi connectivity index (χ0n) is 19.3. The fourth-order valence-electron chi connectivity index (χ4n) is 3.49. The Bertz CT molecular complexity index is 804. The Hall–Kier alpha value is -1.46. The smallest absolute Gasteiger partial charge is 0.303 e. The minimum Gasteiger partial charge on any atom is -0.506 e. The van der Waals surface area contributed by atoms with Gasteiger partial charge in [0.25, 0.3) is 0 Å². The van der Waals surface area contributed by atoms with Gasteiger partial charge in [0.2, 0.25) is 0 Å². The van der Waals surface area contributed by atoms with E-state index in [1.807, 2.05) is 12.1 Å². The second kappa shape index (κ2) is 18.0. The van der Waals surface area contributed by atoms with Gasteiger partial charge in [0, 0.05) is 17.1 Å². The van der Waals surface area contributed by atoms with Gasteiger partial charge in [-0.25, -0.2) is 0 Å². The van der Waals surface area contributed by atoms with E-state index in [2.05, 4.69) is 40.0 Å². The molecule has 0 aliphatic carbocycles. The van der Waals surface area contributed by atoms with Crippen molar-refractivity contribution in [3.8, 4) is 5.75 Å². The number of H-pyrrole nitrogens is 1. The molecule has 0 bridgehead atoms. The first-order valence-corrected chi connectivity index (χ1v) is 13.1. The summed E-state index contributed by atoms with van der Waals surface area (Å²) in [6, 6.07) is 3.69. The van der Waals surface area contributed by atoms with Gasteiger partial charge in [-0.2, -0.15) is 0 Å². The zero-order chi connectivity index (χ0) is 23.6. The average molecular weight is 529 g/mol. The lowest BCUT2D eigenvalue weighted by molar-refractivity contribution is -0.137. The van der Waals surface area contributed by atoms with Crippen molar-refractivity contribution in [2.24, 2.45) is 0 Å². The van der Waals surface area contributed by atoms with Gasteiger partial charge in [-0.15, -0.1) is 0 Å². The molecule has 32 heavy (non-hydrogen) atoms. The molecular formula is C26H39BrClNO3. The number of aromatic nitrogens is 1. The largest absolute Gasteiger partial charge is 0.506 e. The highest BCUT2D eigenvalue weighted by molar-refractivity contribution is 9.10. The van der Waals surface area contributed by atoms with Gasteiger partial charge in [-0.3, -0.25) is 4.79 Å². The van der Waals surface area contributed by atoms with Crippen molar-refractivity contribution < 1.29 is 15.0 Å². The van der Waals surface area contributed by atoms with E-state index in [9.17, 15) is 9.90 Å². The van der Waals surface area contributed by atoms with Crippen LogP contribution in [0.3, 0.4) is 0 Å². The Balaban J connectivity index is 0.000000357. The van der Waals surface area contributed by atoms with Crippen LogP contribution in [0.25, 0.3) is 10.9 Å². The number of carboxylic acids is 1. The van der Waals surface area contributed by atoms with E-state index in [1.165, 1.54) is 76.8 Å². The lowest BCUT2D eigenvalue weighted by Crippen LogP contribution is -1.93. The number of rotatable bonds is 15. The number of fused-ring (bicyclic) bond motifs is 1. The molecule has 0 atom stereocenters. The second-order valence-electron chi connectivity index (χ2n) is 8.19. The summed E-state index contributed by atoms with van der Waals surface area (Å²) in [4.78, 5) is 13.2. The Morgan fingerprint density at radius 2 is 1.53 bits per heavy atom. The number of aliphatic carboxylic acids is 1. The fourth-order valence-corrected chi connectivity index (χ4v) is 4.08. The molecule has 0 fully saturated rings. The van der Waals surface area contributed by atoms with Crippen molar-refractivity contribution in [2.45, 2.75) is 96.8 Å². The summed E-state index contributed by atoms with van der Waals surface area (Å²) in [7, 11) is 0. The average Bonchev–Trinajstić information content (AvgIpc) is 3.15. The molecule has 0 saturated heterocycles. The highest BCUT2D eigenvalue weighted by atomic mass is 79.9. The van der Waals surface area contributed by atoms with E-state index in [1.54, 1.807) is 0 Å². The van der Waals surface area contributed by atoms with Crippen LogP contribution in [0.2, 0.25) is 5.02 Å². The molecule has 0 aliphatic heterocycles. The van der Waals surface area contributed by atoms with Crippen LogP contribution in [0.1, 0.15) is 96.8 Å². The summed E-state index contributed by atoms with van der Waals surface area (Å²) in [5, 5.41) is 19.1. The Morgan fingerprint density at radius 1 is 0.969 bits per heavy atom. The van der Waals surface area contributed by atoms with Gasteiger partial charge < -0.3 is 15.2 Å². The van der Waals surface area contributed by atoms with Gasteiger partial charge in [0.15, 0.2) is 0 Å². The number of benzene rings is 1. The summed E-state index contributed by atoms with van der Waals surface area (Å²) >= 11 is 9.22. The fraction of sp³-hybridized carbons (Fsp3) is 0.577. The Labute approximate surface area is 206 Å². The van der Waals surface area contributed by atoms with Crippen LogP contribution in [0, 0.1) is 0 Å². The van der Waals surface area contributed by atoms with Gasteiger partial charge >= 0.3 is 5.97 Å². The molecule has 0 amide bonds. The Kier molecular flexibility index (Phi) is 16.1. The standard InChI is InChI=1S/C18H34O2.C8H5BrClNO/c1-2-3-4-5-6-7-8-9-10-11-12-13-14-15-16-17-18(19)20;9-4-1-2-5-7(8(4)10)6(12)3-11-5/h9-10H,2-8,11-17H2,1H3,(H,19,20);1-3,11-12H. The molecule has 2 rings (SSSR count). The summed E-state index contributed by atoms with van der Waals surface area (Å²) in [6.45, 7) is 2.26. The first-order chi connectivity index (χ1) is 15.5. The number of aromatic hydroxyl groups is 1. The molecule has 0 saturated carbocycles. The number of nitrogens with one attached hydrogen (secondary N) is 1. The van der Waals surface area contributed by atoms with Crippen LogP contribution in [-0.4, -0.2) is 21.2 Å². The van der Waals surface area contributed by atoms with Gasteiger partial charge in [-0.1, -0.05) is 82.0 Å². The topological polar surface area (TPSA) is 73.3 Å². The molecule has 1 aromatic carbocycles. The molecule has 4 nitrogen and oxygen atoms in total. The lowest BCUT2D eigenvalue weighted by Gasteiger charge is -1.99. The molecule has 3 N–H and O–H groups in total. The Morgan fingerprint density at radius 3 is 2.12 bits per heavy atom. The molecule has 0 spiro atoms. The maximum absolute atomic E-state index is 10.3. The van der Waals surface area contributed by atoms with Crippen molar-refractivity contribution in [3.05, 3.63) is 40.0 Å². The molecule has 6 heteroatoms. The highest BCUT2D eigenvalue weighted by Crippen LogP contribution is 2.35. The van der Waals surface area contributed by atoms with E-state index in [4.69, 9.17) is 16.7 Å².